The van der Waals surface area contributed by atoms with Crippen LogP contribution >= 0.6 is 21.2 Å². The van der Waals surface area contributed by atoms with Gasteiger partial charge < -0.3 is 0 Å². The van der Waals surface area contributed by atoms with Gasteiger partial charge in [0.1, 0.15) is 0 Å². The third kappa shape index (κ3) is 2.55. The van der Waals surface area contributed by atoms with Gasteiger partial charge in [-0.05, 0) is 24.0 Å². The zero-order chi connectivity index (χ0) is 9.97. The fourth-order valence-corrected chi connectivity index (χ4v) is 3.11. The molecular weight excluding hydrogens is 311 g/mol. The molecule has 2 rings (SSSR count). The maximum absolute atomic E-state index is 10.9. The number of hydrogen-bond acceptors (Lipinski definition) is 2. The molecule has 0 heterocycles. The van der Waals surface area contributed by atoms with Crippen LogP contribution in [0.3, 0.4) is 0 Å². The molecule has 0 saturated carbocycles. The van der Waals surface area contributed by atoms with E-state index in [1.54, 1.807) is 21.2 Å². The van der Waals surface area contributed by atoms with Crippen molar-refractivity contribution in [3.05, 3.63) is 35.4 Å². The number of fused-ring (bicyclic) bond motifs is 1. The van der Waals surface area contributed by atoms with Crippen LogP contribution in [0.4, 0.5) is 0 Å². The molecule has 2 atom stereocenters. The van der Waals surface area contributed by atoms with Gasteiger partial charge in [-0.25, -0.2) is 4.21 Å². The van der Waals surface area contributed by atoms with Crippen LogP contribution < -0.4 is 0 Å². The lowest BCUT2D eigenvalue weighted by molar-refractivity contribution is 0.213. The summed E-state index contributed by atoms with van der Waals surface area (Å²) in [7, 11) is -1.17. The van der Waals surface area contributed by atoms with Crippen LogP contribution in [0.15, 0.2) is 24.3 Å². The topological polar surface area (TPSA) is 26.3 Å². The monoisotopic (exact) mass is 322 g/mol. The molecule has 1 aliphatic carbocycles. The molecule has 1 aromatic carbocycles. The smallest absolute Gasteiger partial charge is 0.220 e. The molecule has 2 unspecified atom stereocenters. The summed E-state index contributed by atoms with van der Waals surface area (Å²) >= 11 is 1.79. The van der Waals surface area contributed by atoms with Crippen molar-refractivity contribution >= 4 is 29.5 Å². The molecule has 0 radical (unpaired) electrons. The first-order valence-corrected chi connectivity index (χ1v) is 8.19. The Hall–Kier alpha value is 0.0600. The highest BCUT2D eigenvalue weighted by Crippen LogP contribution is 2.24. The van der Waals surface area contributed by atoms with Gasteiger partial charge in [0.15, 0.2) is 0 Å². The van der Waals surface area contributed by atoms with Gasteiger partial charge in [0.25, 0.3) is 0 Å². The van der Waals surface area contributed by atoms with E-state index in [9.17, 15) is 4.21 Å². The van der Waals surface area contributed by atoms with Crippen LogP contribution in [-0.4, -0.2) is 10.3 Å². The third-order valence-corrected chi connectivity index (χ3v) is 3.56. The van der Waals surface area contributed by atoms with Gasteiger partial charge in [0.05, 0.1) is 27.3 Å². The Morgan fingerprint density at radius 3 is 2.79 bits per heavy atom. The van der Waals surface area contributed by atoms with E-state index >= 15 is 0 Å². The second-order valence-corrected chi connectivity index (χ2v) is 6.16. The van der Waals surface area contributed by atoms with Gasteiger partial charge in [0.2, 0.25) is 8.25 Å². The molecule has 14 heavy (non-hydrogen) atoms. The maximum atomic E-state index is 10.9. The Balaban J connectivity index is 2.09. The molecule has 76 valence electrons. The zero-order valence-corrected chi connectivity index (χ0v) is 10.6. The van der Waals surface area contributed by atoms with E-state index in [1.165, 1.54) is 11.1 Å². The number of hydrogen-bond donors (Lipinski definition) is 0. The first-order valence-electron chi connectivity index (χ1n) is 4.57. The van der Waals surface area contributed by atoms with E-state index in [2.05, 4.69) is 18.2 Å². The number of halogens is 1. The summed E-state index contributed by atoms with van der Waals surface area (Å²) in [6.07, 6.45) is 3.04. The van der Waals surface area contributed by atoms with Crippen molar-refractivity contribution in [2.75, 3.05) is 0 Å². The Morgan fingerprint density at radius 2 is 2.07 bits per heavy atom. The van der Waals surface area contributed by atoms with E-state index in [-0.39, 0.29) is 6.10 Å². The summed E-state index contributed by atoms with van der Waals surface area (Å²) in [5.41, 5.74) is 2.75. The molecule has 0 N–H and O–H groups in total. The van der Waals surface area contributed by atoms with Crippen molar-refractivity contribution in [3.63, 3.8) is 0 Å². The van der Waals surface area contributed by atoms with Crippen molar-refractivity contribution in [2.45, 2.75) is 25.4 Å². The highest BCUT2D eigenvalue weighted by atomic mass is 127. The predicted molar refractivity (Wildman–Crippen MR) is 65.5 cm³/mol. The van der Waals surface area contributed by atoms with Crippen LogP contribution in [0, 0.1) is 0 Å². The standard InChI is InChI=1S/C10H11IO2S/c11-14(12)13-10-6-5-8-3-1-2-4-9(8)7-10/h1-4,10H,5-7H2. The van der Waals surface area contributed by atoms with Crippen LogP contribution in [-0.2, 0) is 25.3 Å². The van der Waals surface area contributed by atoms with Crippen molar-refractivity contribution in [2.24, 2.45) is 0 Å². The van der Waals surface area contributed by atoms with E-state index < -0.39 is 8.25 Å². The molecular formula is C10H11IO2S. The van der Waals surface area contributed by atoms with Crippen molar-refractivity contribution in [1.29, 1.82) is 0 Å². The largest absolute Gasteiger partial charge is 0.279 e. The lowest BCUT2D eigenvalue weighted by atomic mass is 9.90. The zero-order valence-electron chi connectivity index (χ0n) is 7.61. The van der Waals surface area contributed by atoms with Crippen molar-refractivity contribution in [1.82, 2.24) is 0 Å². The Bertz CT molecular complexity index is 354. The minimum Gasteiger partial charge on any atom is -0.279 e. The normalized spacial score (nSPS) is 22.8. The second-order valence-electron chi connectivity index (χ2n) is 3.42. The quantitative estimate of drug-likeness (QED) is 0.618. The number of aryl methyl sites for hydroxylation is 1. The maximum Gasteiger partial charge on any atom is 0.220 e. The van der Waals surface area contributed by atoms with Crippen LogP contribution in [0.2, 0.25) is 0 Å². The first-order chi connectivity index (χ1) is 6.75. The van der Waals surface area contributed by atoms with Gasteiger partial charge in [-0.15, -0.1) is 0 Å². The van der Waals surface area contributed by atoms with E-state index in [0.717, 1.165) is 19.3 Å². The molecule has 2 nitrogen and oxygen atoms in total. The highest BCUT2D eigenvalue weighted by Gasteiger charge is 2.19. The molecule has 0 bridgehead atoms. The highest BCUT2D eigenvalue weighted by molar-refractivity contribution is 14.2. The van der Waals surface area contributed by atoms with Crippen LogP contribution in [0.25, 0.3) is 0 Å². The van der Waals surface area contributed by atoms with Gasteiger partial charge >= 0.3 is 0 Å². The molecule has 0 amide bonds. The minimum absolute atomic E-state index is 0.127. The second kappa shape index (κ2) is 4.72. The van der Waals surface area contributed by atoms with Crippen LogP contribution in [0.1, 0.15) is 17.5 Å². The summed E-state index contributed by atoms with van der Waals surface area (Å²) in [4.78, 5) is 0. The average molecular weight is 322 g/mol. The van der Waals surface area contributed by atoms with Gasteiger partial charge in [0, 0.05) is 6.42 Å². The Morgan fingerprint density at radius 1 is 1.36 bits per heavy atom. The summed E-state index contributed by atoms with van der Waals surface area (Å²) in [5, 5.41) is 0. The number of benzene rings is 1. The predicted octanol–water partition coefficient (Wildman–Crippen LogP) is 2.57. The molecule has 1 aliphatic rings. The van der Waals surface area contributed by atoms with Gasteiger partial charge in [-0.1, -0.05) is 24.3 Å². The first kappa shape index (κ1) is 10.6. The van der Waals surface area contributed by atoms with Crippen molar-refractivity contribution < 1.29 is 8.39 Å². The summed E-state index contributed by atoms with van der Waals surface area (Å²) < 4.78 is 16.2. The molecule has 1 aromatic rings. The minimum atomic E-state index is -1.17. The molecule has 0 spiro atoms. The Labute approximate surface area is 98.3 Å². The summed E-state index contributed by atoms with van der Waals surface area (Å²) in [6.45, 7) is 0. The summed E-state index contributed by atoms with van der Waals surface area (Å²) in [5.74, 6) is 0. The molecule has 4 heteroatoms. The third-order valence-electron chi connectivity index (χ3n) is 2.51. The molecule has 0 fully saturated rings. The van der Waals surface area contributed by atoms with Crippen LogP contribution in [0.5, 0.6) is 0 Å². The van der Waals surface area contributed by atoms with E-state index in [0.29, 0.717) is 0 Å². The van der Waals surface area contributed by atoms with Gasteiger partial charge in [-0.3, -0.25) is 4.18 Å². The van der Waals surface area contributed by atoms with Crippen molar-refractivity contribution in [3.8, 4) is 0 Å². The molecule has 0 aliphatic heterocycles. The Kier molecular flexibility index (Phi) is 3.57. The van der Waals surface area contributed by atoms with Gasteiger partial charge in [-0.2, -0.15) is 0 Å². The number of rotatable bonds is 2. The summed E-state index contributed by atoms with van der Waals surface area (Å²) in [6, 6.07) is 8.40. The lowest BCUT2D eigenvalue weighted by Crippen LogP contribution is -2.22. The average Bonchev–Trinajstić information content (AvgIpc) is 2.17. The van der Waals surface area contributed by atoms with E-state index in [1.807, 2.05) is 6.07 Å². The SMILES string of the molecule is O=S(I)OC1CCc2ccccc2C1. The van der Waals surface area contributed by atoms with E-state index in [4.69, 9.17) is 4.18 Å². The lowest BCUT2D eigenvalue weighted by Gasteiger charge is -2.22. The fourth-order valence-electron chi connectivity index (χ4n) is 1.85. The fraction of sp³-hybridized carbons (Fsp3) is 0.400. The molecule has 0 saturated heterocycles. The molecule has 0 aromatic heterocycles.